The third kappa shape index (κ3) is 5.32. The lowest BCUT2D eigenvalue weighted by Gasteiger charge is -2.43. The summed E-state index contributed by atoms with van der Waals surface area (Å²) < 4.78 is 70.0. The van der Waals surface area contributed by atoms with Gasteiger partial charge in [0.25, 0.3) is 5.91 Å². The number of nitrogens with zero attached hydrogens (tertiary/aromatic N) is 2. The first-order valence-electron chi connectivity index (χ1n) is 12.3. The molecule has 3 aromatic carbocycles. The number of aliphatic hydroxyl groups is 1. The monoisotopic (exact) mass is 561 g/mol. The van der Waals surface area contributed by atoms with Gasteiger partial charge in [-0.2, -0.15) is 0 Å². The summed E-state index contributed by atoms with van der Waals surface area (Å²) in [5.41, 5.74) is 2.40. The molecule has 12 heteroatoms. The summed E-state index contributed by atoms with van der Waals surface area (Å²) in [5, 5.41) is 11.5. The van der Waals surface area contributed by atoms with Crippen LogP contribution in [0.5, 0.6) is 5.75 Å². The van der Waals surface area contributed by atoms with Gasteiger partial charge in [-0.15, -0.1) is 13.2 Å². The van der Waals surface area contributed by atoms with Gasteiger partial charge in [-0.3, -0.25) is 4.79 Å². The fraction of sp³-hybridized carbons (Fsp3) is 0.296. The lowest BCUT2D eigenvalue weighted by atomic mass is 9.86. The van der Waals surface area contributed by atoms with E-state index in [-0.39, 0.29) is 10.8 Å². The van der Waals surface area contributed by atoms with Crippen molar-refractivity contribution < 1.29 is 36.2 Å². The molecule has 0 aromatic heterocycles. The number of rotatable bonds is 5. The zero-order chi connectivity index (χ0) is 27.9. The highest BCUT2D eigenvalue weighted by Gasteiger charge is 2.41. The largest absolute Gasteiger partial charge is 0.573 e. The number of hydrogen-bond donors (Lipinski definition) is 2. The van der Waals surface area contributed by atoms with Crippen molar-refractivity contribution in [3.8, 4) is 5.75 Å². The van der Waals surface area contributed by atoms with Gasteiger partial charge >= 0.3 is 6.36 Å². The molecule has 1 fully saturated rings. The zero-order valence-corrected chi connectivity index (χ0v) is 21.6. The molecule has 1 heterocycles. The minimum atomic E-state index is -4.90. The minimum absolute atomic E-state index is 0.207. The summed E-state index contributed by atoms with van der Waals surface area (Å²) in [4.78, 5) is 16.5. The predicted octanol–water partition coefficient (Wildman–Crippen LogP) is 4.57. The average Bonchev–Trinajstić information content (AvgIpc) is 2.98. The molecule has 2 aliphatic rings. The van der Waals surface area contributed by atoms with Gasteiger partial charge in [0.1, 0.15) is 5.75 Å². The molecule has 0 radical (unpaired) electrons. The minimum Gasteiger partial charge on any atom is -0.406 e. The van der Waals surface area contributed by atoms with E-state index in [0.717, 1.165) is 24.3 Å². The first-order valence-corrected chi connectivity index (χ1v) is 13.8. The number of benzene rings is 3. The van der Waals surface area contributed by atoms with Crippen molar-refractivity contribution in [2.75, 3.05) is 16.8 Å². The Bertz CT molecular complexity index is 1480. The second kappa shape index (κ2) is 10.2. The molecule has 5 rings (SSSR count). The molecule has 1 aliphatic heterocycles. The van der Waals surface area contributed by atoms with E-state index in [4.69, 9.17) is 0 Å². The van der Waals surface area contributed by atoms with Crippen LogP contribution in [-0.4, -0.2) is 51.0 Å². The van der Waals surface area contributed by atoms with Gasteiger partial charge in [0.2, 0.25) is 10.0 Å². The zero-order valence-electron chi connectivity index (χ0n) is 20.8. The lowest BCUT2D eigenvalue weighted by Crippen LogP contribution is -2.55. The number of hydrogen-bond acceptors (Lipinski definition) is 6. The van der Waals surface area contributed by atoms with E-state index in [1.54, 1.807) is 36.2 Å². The highest BCUT2D eigenvalue weighted by molar-refractivity contribution is 7.89. The third-order valence-electron chi connectivity index (χ3n) is 7.03. The van der Waals surface area contributed by atoms with E-state index in [1.165, 1.54) is 0 Å². The molecule has 0 unspecified atom stereocenters. The van der Waals surface area contributed by atoms with E-state index in [1.807, 2.05) is 29.2 Å². The van der Waals surface area contributed by atoms with Crippen LogP contribution in [0, 0.1) is 0 Å². The molecule has 3 atom stereocenters. The van der Waals surface area contributed by atoms with Crippen molar-refractivity contribution in [3.63, 3.8) is 0 Å². The topological polar surface area (TPSA) is 99.2 Å². The molecule has 1 amide bonds. The standard InChI is InChI=1S/C27H26F3N3O5S/c1-32-22-10-4-5-11-23(22)33(21-9-3-2-7-19(21)26(32)35)24-12-6-8-20(25(24)34)31-39(36,37)18-15-13-17(14-16-18)38-27(28,29)30/h2-5,7,9-11,13-16,20,24-25,31,34H,6,8,12H2,1H3/t20-,24+,25+/m1/s1. The van der Waals surface area contributed by atoms with Crippen LogP contribution in [0.1, 0.15) is 29.6 Å². The molecule has 39 heavy (non-hydrogen) atoms. The Morgan fingerprint density at radius 1 is 0.923 bits per heavy atom. The van der Waals surface area contributed by atoms with Crippen molar-refractivity contribution in [1.29, 1.82) is 0 Å². The van der Waals surface area contributed by atoms with Crippen LogP contribution in [0.25, 0.3) is 0 Å². The van der Waals surface area contributed by atoms with Crippen LogP contribution in [0.4, 0.5) is 30.2 Å². The number of amides is 1. The van der Waals surface area contributed by atoms with Crippen LogP contribution in [0.2, 0.25) is 0 Å². The van der Waals surface area contributed by atoms with Crippen LogP contribution in [0.3, 0.4) is 0 Å². The van der Waals surface area contributed by atoms with E-state index in [0.29, 0.717) is 41.9 Å². The Labute approximate surface area is 223 Å². The maximum atomic E-state index is 13.3. The number of fused-ring (bicyclic) bond motifs is 2. The molecule has 1 saturated carbocycles. The Morgan fingerprint density at radius 2 is 1.54 bits per heavy atom. The maximum absolute atomic E-state index is 13.3. The number of carbonyl (C=O) groups excluding carboxylic acids is 1. The smallest absolute Gasteiger partial charge is 0.406 e. The predicted molar refractivity (Wildman–Crippen MR) is 139 cm³/mol. The van der Waals surface area contributed by atoms with E-state index < -0.39 is 40.3 Å². The molecule has 206 valence electrons. The van der Waals surface area contributed by atoms with Gasteiger partial charge in [0, 0.05) is 7.05 Å². The van der Waals surface area contributed by atoms with Crippen LogP contribution in [0.15, 0.2) is 77.7 Å². The van der Waals surface area contributed by atoms with Crippen LogP contribution in [-0.2, 0) is 10.0 Å². The second-order valence-electron chi connectivity index (χ2n) is 9.48. The van der Waals surface area contributed by atoms with E-state index >= 15 is 0 Å². The molecule has 3 aromatic rings. The number of aliphatic hydroxyl groups excluding tert-OH is 1. The normalized spacial score (nSPS) is 21.7. The number of carbonyl (C=O) groups is 1. The summed E-state index contributed by atoms with van der Waals surface area (Å²) in [6.45, 7) is 0. The third-order valence-corrected chi connectivity index (χ3v) is 8.53. The molecule has 0 bridgehead atoms. The van der Waals surface area contributed by atoms with Gasteiger partial charge in [0.15, 0.2) is 0 Å². The molecule has 0 spiro atoms. The highest BCUT2D eigenvalue weighted by atomic mass is 32.2. The van der Waals surface area contributed by atoms with Gasteiger partial charge in [-0.1, -0.05) is 24.3 Å². The molecule has 0 saturated heterocycles. The number of para-hydroxylation sites is 3. The number of halogens is 3. The Kier molecular flexibility index (Phi) is 7.04. The summed E-state index contributed by atoms with van der Waals surface area (Å²) in [7, 11) is -2.50. The summed E-state index contributed by atoms with van der Waals surface area (Å²) in [6.07, 6.45) is -4.60. The summed E-state index contributed by atoms with van der Waals surface area (Å²) in [5.74, 6) is -0.752. The van der Waals surface area contributed by atoms with Gasteiger partial charge in [-0.25, -0.2) is 13.1 Å². The summed E-state index contributed by atoms with van der Waals surface area (Å²) >= 11 is 0. The fourth-order valence-corrected chi connectivity index (χ4v) is 6.53. The van der Waals surface area contributed by atoms with Crippen LogP contribution >= 0.6 is 0 Å². The van der Waals surface area contributed by atoms with E-state index in [2.05, 4.69) is 9.46 Å². The Morgan fingerprint density at radius 3 is 2.21 bits per heavy atom. The van der Waals surface area contributed by atoms with Crippen molar-refractivity contribution in [2.45, 2.75) is 48.7 Å². The highest BCUT2D eigenvalue weighted by Crippen LogP contribution is 2.44. The number of ether oxygens (including phenoxy) is 1. The maximum Gasteiger partial charge on any atom is 0.573 e. The van der Waals surface area contributed by atoms with Gasteiger partial charge in [0.05, 0.1) is 45.7 Å². The quantitative estimate of drug-likeness (QED) is 0.474. The molecular formula is C27H26F3N3O5S. The lowest BCUT2D eigenvalue weighted by molar-refractivity contribution is -0.274. The van der Waals surface area contributed by atoms with Crippen molar-refractivity contribution >= 4 is 33.0 Å². The van der Waals surface area contributed by atoms with Crippen molar-refractivity contribution in [2.24, 2.45) is 0 Å². The first kappa shape index (κ1) is 27.0. The van der Waals surface area contributed by atoms with E-state index in [9.17, 15) is 31.5 Å². The second-order valence-corrected chi connectivity index (χ2v) is 11.2. The average molecular weight is 562 g/mol. The fourth-order valence-electron chi connectivity index (χ4n) is 5.25. The number of nitrogens with one attached hydrogen (secondary N) is 1. The number of sulfonamides is 1. The van der Waals surface area contributed by atoms with Crippen LogP contribution < -0.4 is 19.3 Å². The van der Waals surface area contributed by atoms with Crippen molar-refractivity contribution in [1.82, 2.24) is 4.72 Å². The first-order chi connectivity index (χ1) is 18.5. The Hall–Kier alpha value is -3.61. The molecule has 1 aliphatic carbocycles. The molecular weight excluding hydrogens is 535 g/mol. The van der Waals surface area contributed by atoms with Gasteiger partial charge in [-0.05, 0) is 67.8 Å². The number of alkyl halides is 3. The van der Waals surface area contributed by atoms with Crippen molar-refractivity contribution in [3.05, 3.63) is 78.4 Å². The van der Waals surface area contributed by atoms with Gasteiger partial charge < -0.3 is 19.6 Å². The molecule has 8 nitrogen and oxygen atoms in total. The summed E-state index contributed by atoms with van der Waals surface area (Å²) in [6, 6.07) is 16.8. The Balaban J connectivity index is 1.45. The SMILES string of the molecule is CN1C(=O)c2ccccc2N([C@H]2CCC[C@@H](NS(=O)(=O)c3ccc(OC(F)(F)F)cc3)[C@@H]2O)c2ccccc21. The molecule has 2 N–H and O–H groups in total. The number of anilines is 3.